The number of rotatable bonds is 25. The number of aliphatic hydroxyl groups is 1. The largest absolute Gasteiger partial charge is 0.462 e. The first-order valence-corrected chi connectivity index (χ1v) is 25.4. The zero-order valence-electron chi connectivity index (χ0n) is 30.9. The van der Waals surface area contributed by atoms with Gasteiger partial charge in [0.05, 0.1) is 45.7 Å². The molecule has 0 rings (SSSR count). The van der Waals surface area contributed by atoms with Gasteiger partial charge in [0.15, 0.2) is 16.6 Å². The summed E-state index contributed by atoms with van der Waals surface area (Å²) in [6, 6.07) is 1.73. The van der Waals surface area contributed by atoms with Gasteiger partial charge in [-0.3, -0.25) is 0 Å². The average Bonchev–Trinajstić information content (AvgIpc) is 2.91. The van der Waals surface area contributed by atoms with E-state index in [9.17, 15) is 9.59 Å². The van der Waals surface area contributed by atoms with E-state index < -0.39 is 25.2 Å². The van der Waals surface area contributed by atoms with Crippen molar-refractivity contribution < 1.29 is 46.6 Å². The molecule has 1 N–H and O–H groups in total. The number of carbonyl (C=O) groups is 2. The molecule has 0 amide bonds. The summed E-state index contributed by atoms with van der Waals surface area (Å²) in [6.45, 7) is 35.3. The van der Waals surface area contributed by atoms with Crippen molar-refractivity contribution in [2.75, 3.05) is 39.6 Å². The van der Waals surface area contributed by atoms with Gasteiger partial charge >= 0.3 is 20.5 Å². The van der Waals surface area contributed by atoms with Gasteiger partial charge in [0.25, 0.3) is 0 Å². The Kier molecular flexibility index (Phi) is 25.0. The molecule has 0 aromatic heterocycles. The van der Waals surface area contributed by atoms with Crippen LogP contribution >= 0.6 is 0 Å². The van der Waals surface area contributed by atoms with Crippen LogP contribution in [0.4, 0.5) is 0 Å². The number of aliphatic hydroxyl groups excluding tert-OH is 1. The smallest absolute Gasteiger partial charge is 0.333 e. The molecule has 0 saturated heterocycles. The molecule has 0 saturated carbocycles. The van der Waals surface area contributed by atoms with Crippen LogP contribution < -0.4 is 0 Å². The van der Waals surface area contributed by atoms with E-state index in [1.54, 1.807) is 13.8 Å². The lowest BCUT2D eigenvalue weighted by atomic mass is 10.2. The minimum absolute atomic E-state index is 0.0717. The van der Waals surface area contributed by atoms with Crippen molar-refractivity contribution in [1.29, 1.82) is 0 Å². The molecule has 0 aliphatic rings. The molecule has 0 bridgehead atoms. The van der Waals surface area contributed by atoms with Gasteiger partial charge in [-0.1, -0.05) is 25.7 Å². The molecule has 0 radical (unpaired) electrons. The summed E-state index contributed by atoms with van der Waals surface area (Å²) < 4.78 is 40.1. The molecule has 0 fully saturated rings. The molecule has 270 valence electrons. The lowest BCUT2D eigenvalue weighted by Gasteiger charge is -2.37. The van der Waals surface area contributed by atoms with E-state index in [1.807, 2.05) is 33.9 Å². The number of esters is 2. The van der Waals surface area contributed by atoms with Gasteiger partial charge in [0.1, 0.15) is 6.29 Å². The van der Waals surface area contributed by atoms with E-state index in [1.165, 1.54) is 0 Å². The Morgan fingerprint density at radius 3 is 1.70 bits per heavy atom. The van der Waals surface area contributed by atoms with E-state index in [4.69, 9.17) is 37.0 Å². The Balaban J connectivity index is 0. The van der Waals surface area contributed by atoms with Crippen LogP contribution in [-0.4, -0.2) is 94.3 Å². The monoisotopic (exact) mass is 706 g/mol. The van der Waals surface area contributed by atoms with Crippen LogP contribution in [0.5, 0.6) is 0 Å². The zero-order chi connectivity index (χ0) is 36.0. The molecule has 10 nitrogen and oxygen atoms in total. The fourth-order valence-electron chi connectivity index (χ4n) is 4.21. The summed E-state index contributed by atoms with van der Waals surface area (Å²) in [5.41, 5.74) is 1.95. The Bertz CT molecular complexity index is 921. The lowest BCUT2D eigenvalue weighted by Crippen LogP contribution is -2.49. The van der Waals surface area contributed by atoms with Gasteiger partial charge in [-0.15, -0.1) is 6.58 Å². The Morgan fingerprint density at radius 2 is 1.26 bits per heavy atom. The first-order valence-electron chi connectivity index (χ1n) is 16.3. The van der Waals surface area contributed by atoms with E-state index in [0.717, 1.165) is 43.3 Å². The minimum Gasteiger partial charge on any atom is -0.462 e. The van der Waals surface area contributed by atoms with Crippen molar-refractivity contribution in [3.63, 3.8) is 0 Å². The third-order valence-corrected chi connectivity index (χ3v) is 15.5. The van der Waals surface area contributed by atoms with Crippen molar-refractivity contribution in [3.05, 3.63) is 36.5 Å². The number of carbonyl (C=O) groups excluding carboxylic acids is 2. The van der Waals surface area contributed by atoms with Crippen LogP contribution in [0.15, 0.2) is 36.5 Å². The maximum atomic E-state index is 11.5. The van der Waals surface area contributed by atoms with Crippen molar-refractivity contribution in [2.45, 2.75) is 124 Å². The Labute approximate surface area is 283 Å². The summed E-state index contributed by atoms with van der Waals surface area (Å²) in [4.78, 5) is 22.9. The summed E-state index contributed by atoms with van der Waals surface area (Å²) in [6.07, 6.45) is 3.05. The minimum atomic E-state index is -2.41. The van der Waals surface area contributed by atoms with E-state index >= 15 is 0 Å². The van der Waals surface area contributed by atoms with Gasteiger partial charge < -0.3 is 37.0 Å². The molecule has 0 aromatic carbocycles. The molecule has 13 heteroatoms. The van der Waals surface area contributed by atoms with Crippen LogP contribution in [0.1, 0.15) is 60.3 Å². The molecule has 0 aliphatic carbocycles. The first kappa shape index (κ1) is 46.7. The maximum absolute atomic E-state index is 11.5. The van der Waals surface area contributed by atoms with Gasteiger partial charge in [-0.25, -0.2) is 9.59 Å². The predicted octanol–water partition coefficient (Wildman–Crippen LogP) is 7.27. The molecular weight excluding hydrogens is 641 g/mol. The number of hydrogen-bond donors (Lipinski definition) is 1. The van der Waals surface area contributed by atoms with Crippen LogP contribution in [-0.2, 0) is 41.5 Å². The summed E-state index contributed by atoms with van der Waals surface area (Å²) in [5, 5.41) is 8.58. The second kappa shape index (κ2) is 24.7. The van der Waals surface area contributed by atoms with Crippen LogP contribution in [0.3, 0.4) is 0 Å². The molecule has 46 heavy (non-hydrogen) atoms. The Hall–Kier alpha value is -1.43. The van der Waals surface area contributed by atoms with Crippen molar-refractivity contribution in [2.24, 2.45) is 0 Å². The van der Waals surface area contributed by atoms with Gasteiger partial charge in [0.2, 0.25) is 0 Å². The maximum Gasteiger partial charge on any atom is 0.333 e. The van der Waals surface area contributed by atoms with Crippen LogP contribution in [0.25, 0.3) is 0 Å². The van der Waals surface area contributed by atoms with Gasteiger partial charge in [-0.2, -0.15) is 0 Å². The molecule has 0 heterocycles. The fraction of sp³-hybridized carbons (Fsp3) is 0.758. The number of ether oxygens (including phenoxy) is 4. The molecule has 0 aliphatic heterocycles. The molecule has 2 unspecified atom stereocenters. The quantitative estimate of drug-likeness (QED) is 0.0259. The fourth-order valence-corrected chi connectivity index (χ4v) is 14.1. The second-order valence-electron chi connectivity index (χ2n) is 13.3. The summed E-state index contributed by atoms with van der Waals surface area (Å²) in [5.74, 6) is -0.706. The zero-order valence-corrected chi connectivity index (χ0v) is 33.9. The molecule has 0 aromatic rings. The highest BCUT2D eigenvalue weighted by atomic mass is 28.4. The van der Waals surface area contributed by atoms with Gasteiger partial charge in [0, 0.05) is 11.1 Å². The third-order valence-electron chi connectivity index (χ3n) is 6.34. The van der Waals surface area contributed by atoms with E-state index in [0.29, 0.717) is 44.2 Å². The number of hydrogen-bond acceptors (Lipinski definition) is 10. The second-order valence-corrected chi connectivity index (χ2v) is 25.4. The summed E-state index contributed by atoms with van der Waals surface area (Å²) in [7, 11) is -6.38. The molecule has 2 atom stereocenters. The first-order chi connectivity index (χ1) is 21.2. The molecule has 0 spiro atoms. The van der Waals surface area contributed by atoms with Gasteiger partial charge in [-0.05, 0) is 105 Å². The van der Waals surface area contributed by atoms with Crippen LogP contribution in [0, 0.1) is 0 Å². The van der Waals surface area contributed by atoms with Crippen molar-refractivity contribution in [3.8, 4) is 0 Å². The Morgan fingerprint density at radius 1 is 0.761 bits per heavy atom. The highest BCUT2D eigenvalue weighted by molar-refractivity contribution is 6.82. The van der Waals surface area contributed by atoms with Crippen LogP contribution in [0.2, 0.25) is 51.4 Å². The van der Waals surface area contributed by atoms with Crippen molar-refractivity contribution in [1.82, 2.24) is 0 Å². The summed E-state index contributed by atoms with van der Waals surface area (Å²) >= 11 is 0. The van der Waals surface area contributed by atoms with Crippen molar-refractivity contribution >= 4 is 37.1 Å². The standard InChI is InChI=1S/C22H44O7Si3.C11H22O3/c1-18(2)21(23)25-14-12-16-30(6,7)27-20(5)28-32(10,11)29-31(8,9)17-13-15-26-22(24)19(3)4;1-4-11(14-8-6-12)9-13-7-5-10(2)3/h20H,1,3,12-17H2,2,4-11H3;11-12H,2,4-9H2,1,3H3. The predicted molar refractivity (Wildman–Crippen MR) is 193 cm³/mol. The third kappa shape index (κ3) is 27.7. The highest BCUT2D eigenvalue weighted by Gasteiger charge is 2.37. The topological polar surface area (TPSA) is 119 Å². The highest BCUT2D eigenvalue weighted by Crippen LogP contribution is 2.24. The lowest BCUT2D eigenvalue weighted by molar-refractivity contribution is -0.139. The SMILES string of the molecule is C=C(C)C(=O)OCCC[Si](C)(C)OC(C)O[Si](C)(C)O[Si](C)(C)CCCOC(=O)C(=C)C.C=C(C)CCOCC(CC)OCCO. The normalized spacial score (nSPS) is 13.2. The average molecular weight is 707 g/mol. The van der Waals surface area contributed by atoms with E-state index in [-0.39, 0.29) is 30.9 Å². The van der Waals surface area contributed by atoms with E-state index in [2.05, 4.69) is 45.9 Å². The molecular formula is C33H66O10Si3.